The molecular formula is C12H21N5O. The maximum Gasteiger partial charge on any atom is 0.221 e. The highest BCUT2D eigenvalue weighted by Gasteiger charge is 2.22. The average molecular weight is 251 g/mol. The van der Waals surface area contributed by atoms with Crippen molar-refractivity contribution in [2.45, 2.75) is 12.8 Å². The minimum Gasteiger partial charge on any atom is -0.381 e. The van der Waals surface area contributed by atoms with E-state index in [-0.39, 0.29) is 0 Å². The van der Waals surface area contributed by atoms with Crippen LogP contribution in [-0.4, -0.2) is 66.0 Å². The van der Waals surface area contributed by atoms with Gasteiger partial charge >= 0.3 is 0 Å². The predicted octanol–water partition coefficient (Wildman–Crippen LogP) is 0.353. The molecule has 2 aliphatic rings. The molecule has 1 aromatic rings. The third kappa shape index (κ3) is 2.81. The van der Waals surface area contributed by atoms with Crippen molar-refractivity contribution in [3.63, 3.8) is 0 Å². The van der Waals surface area contributed by atoms with Crippen LogP contribution in [0, 0.1) is 5.92 Å². The fourth-order valence-electron chi connectivity index (χ4n) is 2.81. The number of hydrogen-bond acceptors (Lipinski definition) is 5. The summed E-state index contributed by atoms with van der Waals surface area (Å²) in [4.78, 5) is 9.01. The predicted molar refractivity (Wildman–Crippen MR) is 68.6 cm³/mol. The zero-order valence-corrected chi connectivity index (χ0v) is 10.7. The Bertz CT molecular complexity index is 341. The molecule has 2 fully saturated rings. The van der Waals surface area contributed by atoms with Crippen LogP contribution in [-0.2, 0) is 4.74 Å². The summed E-state index contributed by atoms with van der Waals surface area (Å²) in [6.07, 6.45) is 4.12. The second-order valence-electron chi connectivity index (χ2n) is 5.18. The van der Waals surface area contributed by atoms with Gasteiger partial charge in [0, 0.05) is 39.3 Å². The SMILES string of the molecule is c1n[nH]c(N2CCN(C[C@@H]3CCCOC3)CC2)n1. The molecule has 6 nitrogen and oxygen atoms in total. The first kappa shape index (κ1) is 11.9. The van der Waals surface area contributed by atoms with Gasteiger partial charge in [0.15, 0.2) is 0 Å². The summed E-state index contributed by atoms with van der Waals surface area (Å²) in [5.41, 5.74) is 0. The summed E-state index contributed by atoms with van der Waals surface area (Å²) in [5.74, 6) is 1.63. The molecule has 0 amide bonds. The van der Waals surface area contributed by atoms with E-state index in [0.717, 1.165) is 51.3 Å². The lowest BCUT2D eigenvalue weighted by Gasteiger charge is -2.36. The number of nitrogens with zero attached hydrogens (tertiary/aromatic N) is 4. The van der Waals surface area contributed by atoms with Gasteiger partial charge in [0.25, 0.3) is 0 Å². The van der Waals surface area contributed by atoms with Gasteiger partial charge < -0.3 is 9.64 Å². The number of rotatable bonds is 3. The Kier molecular flexibility index (Phi) is 3.75. The Morgan fingerprint density at radius 1 is 1.33 bits per heavy atom. The van der Waals surface area contributed by atoms with Crippen LogP contribution >= 0.6 is 0 Å². The number of aromatic amines is 1. The molecule has 1 atom stereocenters. The van der Waals surface area contributed by atoms with Crippen molar-refractivity contribution in [2.75, 3.05) is 50.8 Å². The Morgan fingerprint density at radius 3 is 2.89 bits per heavy atom. The molecule has 3 heterocycles. The molecule has 0 aromatic carbocycles. The molecule has 0 bridgehead atoms. The van der Waals surface area contributed by atoms with E-state index in [0.29, 0.717) is 0 Å². The molecule has 0 unspecified atom stereocenters. The van der Waals surface area contributed by atoms with Gasteiger partial charge in [-0.05, 0) is 18.8 Å². The van der Waals surface area contributed by atoms with Gasteiger partial charge in [-0.25, -0.2) is 5.10 Å². The van der Waals surface area contributed by atoms with Crippen LogP contribution in [0.15, 0.2) is 6.33 Å². The van der Waals surface area contributed by atoms with Gasteiger partial charge in [0.2, 0.25) is 5.95 Å². The van der Waals surface area contributed by atoms with Crippen LogP contribution in [0.1, 0.15) is 12.8 Å². The minimum atomic E-state index is 0.732. The molecular weight excluding hydrogens is 230 g/mol. The van der Waals surface area contributed by atoms with E-state index in [4.69, 9.17) is 4.74 Å². The van der Waals surface area contributed by atoms with E-state index in [1.165, 1.54) is 19.4 Å². The molecule has 2 aliphatic heterocycles. The third-order valence-corrected chi connectivity index (χ3v) is 3.85. The molecule has 2 saturated heterocycles. The second kappa shape index (κ2) is 5.67. The van der Waals surface area contributed by atoms with E-state index in [2.05, 4.69) is 25.0 Å². The van der Waals surface area contributed by atoms with Crippen LogP contribution in [0.5, 0.6) is 0 Å². The molecule has 0 spiro atoms. The maximum absolute atomic E-state index is 5.54. The summed E-state index contributed by atoms with van der Waals surface area (Å²) in [6.45, 7) is 7.36. The molecule has 100 valence electrons. The van der Waals surface area contributed by atoms with Crippen molar-refractivity contribution in [2.24, 2.45) is 5.92 Å². The number of H-pyrrole nitrogens is 1. The van der Waals surface area contributed by atoms with E-state index in [1.807, 2.05) is 0 Å². The molecule has 3 rings (SSSR count). The van der Waals surface area contributed by atoms with Crippen molar-refractivity contribution < 1.29 is 4.74 Å². The van der Waals surface area contributed by atoms with Crippen molar-refractivity contribution in [1.29, 1.82) is 0 Å². The Morgan fingerprint density at radius 2 is 2.22 bits per heavy atom. The fourth-order valence-corrected chi connectivity index (χ4v) is 2.81. The number of nitrogens with one attached hydrogen (secondary N) is 1. The van der Waals surface area contributed by atoms with Gasteiger partial charge in [0.05, 0.1) is 6.61 Å². The second-order valence-corrected chi connectivity index (χ2v) is 5.18. The smallest absolute Gasteiger partial charge is 0.221 e. The molecule has 0 aliphatic carbocycles. The van der Waals surface area contributed by atoms with E-state index < -0.39 is 0 Å². The highest BCUT2D eigenvalue weighted by Crippen LogP contribution is 2.16. The summed E-state index contributed by atoms with van der Waals surface area (Å²) < 4.78 is 5.54. The fraction of sp³-hybridized carbons (Fsp3) is 0.833. The first-order valence-corrected chi connectivity index (χ1v) is 6.82. The molecule has 0 radical (unpaired) electrons. The molecule has 0 saturated carbocycles. The summed E-state index contributed by atoms with van der Waals surface area (Å²) in [7, 11) is 0. The topological polar surface area (TPSA) is 57.3 Å². The maximum atomic E-state index is 5.54. The van der Waals surface area contributed by atoms with Gasteiger partial charge in [-0.1, -0.05) is 0 Å². The molecule has 1 aromatic heterocycles. The standard InChI is InChI=1S/C12H21N5O/c1-2-11(9-18-7-1)8-16-3-5-17(6-4-16)12-13-10-14-15-12/h10-11H,1-9H2,(H,13,14,15)/t11-/m0/s1. The lowest BCUT2D eigenvalue weighted by atomic mass is 10.0. The van der Waals surface area contributed by atoms with Crippen LogP contribution in [0.4, 0.5) is 5.95 Å². The normalized spacial score (nSPS) is 26.4. The largest absolute Gasteiger partial charge is 0.381 e. The Labute approximate surface area is 107 Å². The Hall–Kier alpha value is -1.14. The van der Waals surface area contributed by atoms with E-state index in [9.17, 15) is 0 Å². The van der Waals surface area contributed by atoms with Crippen LogP contribution in [0.2, 0.25) is 0 Å². The first-order valence-electron chi connectivity index (χ1n) is 6.82. The zero-order chi connectivity index (χ0) is 12.2. The number of anilines is 1. The van der Waals surface area contributed by atoms with Gasteiger partial charge in [-0.15, -0.1) is 0 Å². The molecule has 18 heavy (non-hydrogen) atoms. The third-order valence-electron chi connectivity index (χ3n) is 3.85. The number of ether oxygens (including phenoxy) is 1. The van der Waals surface area contributed by atoms with Crippen molar-refractivity contribution >= 4 is 5.95 Å². The van der Waals surface area contributed by atoms with E-state index in [1.54, 1.807) is 6.33 Å². The minimum absolute atomic E-state index is 0.732. The molecule has 6 heteroatoms. The van der Waals surface area contributed by atoms with Crippen LogP contribution in [0.3, 0.4) is 0 Å². The van der Waals surface area contributed by atoms with Crippen molar-refractivity contribution in [3.8, 4) is 0 Å². The summed E-state index contributed by atoms with van der Waals surface area (Å²) >= 11 is 0. The monoisotopic (exact) mass is 251 g/mol. The van der Waals surface area contributed by atoms with Crippen LogP contribution in [0.25, 0.3) is 0 Å². The first-order chi connectivity index (χ1) is 8.92. The number of piperazine rings is 1. The average Bonchev–Trinajstić information content (AvgIpc) is 2.95. The lowest BCUT2D eigenvalue weighted by Crippen LogP contribution is -2.48. The van der Waals surface area contributed by atoms with E-state index >= 15 is 0 Å². The highest BCUT2D eigenvalue weighted by molar-refractivity contribution is 5.27. The molecule has 1 N–H and O–H groups in total. The van der Waals surface area contributed by atoms with Crippen molar-refractivity contribution in [3.05, 3.63) is 6.33 Å². The van der Waals surface area contributed by atoms with Gasteiger partial charge in [-0.2, -0.15) is 10.1 Å². The summed E-state index contributed by atoms with van der Waals surface area (Å²) in [6, 6.07) is 0. The number of aromatic nitrogens is 3. The number of hydrogen-bond donors (Lipinski definition) is 1. The quantitative estimate of drug-likeness (QED) is 0.840. The summed E-state index contributed by atoms with van der Waals surface area (Å²) in [5, 5.41) is 6.83. The van der Waals surface area contributed by atoms with Gasteiger partial charge in [-0.3, -0.25) is 4.90 Å². The highest BCUT2D eigenvalue weighted by atomic mass is 16.5. The zero-order valence-electron chi connectivity index (χ0n) is 10.7. The van der Waals surface area contributed by atoms with Gasteiger partial charge in [0.1, 0.15) is 6.33 Å². The lowest BCUT2D eigenvalue weighted by molar-refractivity contribution is 0.0376. The van der Waals surface area contributed by atoms with Crippen LogP contribution < -0.4 is 4.90 Å². The Balaban J connectivity index is 1.45. The van der Waals surface area contributed by atoms with Crippen molar-refractivity contribution in [1.82, 2.24) is 20.1 Å².